The van der Waals surface area contributed by atoms with E-state index in [1.165, 1.54) is 32.1 Å². The van der Waals surface area contributed by atoms with Crippen LogP contribution in [-0.2, 0) is 0 Å². The Morgan fingerprint density at radius 1 is 1.21 bits per heavy atom. The molecule has 0 heterocycles. The van der Waals surface area contributed by atoms with Crippen LogP contribution in [0, 0.1) is 23.2 Å². The van der Waals surface area contributed by atoms with Gasteiger partial charge in [-0.1, -0.05) is 53.9 Å². The molecule has 0 nitrogen and oxygen atoms in total. The van der Waals surface area contributed by atoms with E-state index in [2.05, 4.69) is 34.6 Å². The molecule has 0 heteroatoms. The lowest BCUT2D eigenvalue weighted by molar-refractivity contribution is 0.334. The maximum absolute atomic E-state index is 2.48. The maximum atomic E-state index is 2.48. The maximum Gasteiger partial charge on any atom is -0.0271 e. The molecule has 0 amide bonds. The summed E-state index contributed by atoms with van der Waals surface area (Å²) in [6.45, 7) is 12.0. The average molecular weight is 196 g/mol. The lowest BCUT2D eigenvalue weighted by Crippen LogP contribution is -2.08. The molecule has 0 radical (unpaired) electrons. The summed E-state index contributed by atoms with van der Waals surface area (Å²) in [4.78, 5) is 0. The molecule has 0 saturated heterocycles. The first-order chi connectivity index (χ1) is 6.50. The summed E-state index contributed by atoms with van der Waals surface area (Å²) in [7, 11) is 0. The van der Waals surface area contributed by atoms with Crippen molar-refractivity contribution in [3.63, 3.8) is 0 Å². The van der Waals surface area contributed by atoms with Crippen LogP contribution in [-0.4, -0.2) is 0 Å². The predicted molar refractivity (Wildman–Crippen MR) is 64.4 cm³/mol. The molecule has 84 valence electrons. The van der Waals surface area contributed by atoms with Crippen molar-refractivity contribution in [3.05, 3.63) is 0 Å². The zero-order chi connectivity index (χ0) is 10.8. The van der Waals surface area contributed by atoms with Crippen molar-refractivity contribution in [2.45, 2.75) is 66.7 Å². The first-order valence-corrected chi connectivity index (χ1v) is 6.50. The Labute approximate surface area is 90.5 Å². The molecule has 0 aromatic rings. The van der Waals surface area contributed by atoms with E-state index in [4.69, 9.17) is 0 Å². The summed E-state index contributed by atoms with van der Waals surface area (Å²) >= 11 is 0. The lowest BCUT2D eigenvalue weighted by Gasteiger charge is -2.16. The van der Waals surface area contributed by atoms with Crippen LogP contribution in [0.15, 0.2) is 0 Å². The fraction of sp³-hybridized carbons (Fsp3) is 1.00. The van der Waals surface area contributed by atoms with Crippen molar-refractivity contribution >= 4 is 0 Å². The van der Waals surface area contributed by atoms with Crippen molar-refractivity contribution in [2.75, 3.05) is 0 Å². The molecule has 0 aliphatic heterocycles. The zero-order valence-corrected chi connectivity index (χ0v) is 10.8. The van der Waals surface area contributed by atoms with Gasteiger partial charge >= 0.3 is 0 Å². The van der Waals surface area contributed by atoms with Gasteiger partial charge in [-0.15, -0.1) is 0 Å². The average Bonchev–Trinajstić information content (AvgIpc) is 2.76. The van der Waals surface area contributed by atoms with Gasteiger partial charge in [0.1, 0.15) is 0 Å². The van der Waals surface area contributed by atoms with Gasteiger partial charge < -0.3 is 0 Å². The second-order valence-corrected chi connectivity index (χ2v) is 6.03. The van der Waals surface area contributed by atoms with Gasteiger partial charge in [-0.05, 0) is 36.0 Å². The van der Waals surface area contributed by atoms with E-state index in [1.807, 2.05) is 0 Å². The second-order valence-electron chi connectivity index (χ2n) is 6.03. The Bertz CT molecular complexity index is 171. The fourth-order valence-corrected chi connectivity index (χ4v) is 2.73. The second kappa shape index (κ2) is 4.68. The van der Waals surface area contributed by atoms with Crippen LogP contribution in [0.4, 0.5) is 0 Å². The van der Waals surface area contributed by atoms with E-state index in [9.17, 15) is 0 Å². The minimum atomic E-state index is 0.700. The molecule has 1 fully saturated rings. The SMILES string of the molecule is CCCC(C)CCC1CC1(C)C(C)C. The predicted octanol–water partition coefficient (Wildman–Crippen LogP) is 4.89. The van der Waals surface area contributed by atoms with E-state index < -0.39 is 0 Å². The molecule has 0 spiro atoms. The minimum absolute atomic E-state index is 0.700. The van der Waals surface area contributed by atoms with Gasteiger partial charge in [-0.3, -0.25) is 0 Å². The van der Waals surface area contributed by atoms with Gasteiger partial charge in [-0.25, -0.2) is 0 Å². The normalized spacial score (nSPS) is 33.4. The molecular weight excluding hydrogens is 168 g/mol. The summed E-state index contributed by atoms with van der Waals surface area (Å²) in [5.41, 5.74) is 0.700. The molecule has 3 unspecified atom stereocenters. The molecule has 1 rings (SSSR count). The van der Waals surface area contributed by atoms with Crippen LogP contribution in [0.3, 0.4) is 0 Å². The van der Waals surface area contributed by atoms with Crippen LogP contribution in [0.5, 0.6) is 0 Å². The van der Waals surface area contributed by atoms with E-state index in [-0.39, 0.29) is 0 Å². The van der Waals surface area contributed by atoms with Crippen molar-refractivity contribution in [1.82, 2.24) is 0 Å². The molecular formula is C14H28. The quantitative estimate of drug-likeness (QED) is 0.567. The van der Waals surface area contributed by atoms with Gasteiger partial charge in [0.05, 0.1) is 0 Å². The van der Waals surface area contributed by atoms with E-state index in [1.54, 1.807) is 0 Å². The fourth-order valence-electron chi connectivity index (χ4n) is 2.73. The highest BCUT2D eigenvalue weighted by atomic mass is 14.6. The first kappa shape index (κ1) is 12.1. The van der Waals surface area contributed by atoms with Crippen LogP contribution < -0.4 is 0 Å². The monoisotopic (exact) mass is 196 g/mol. The lowest BCUT2D eigenvalue weighted by atomic mass is 9.89. The number of rotatable bonds is 6. The van der Waals surface area contributed by atoms with Crippen LogP contribution in [0.1, 0.15) is 66.7 Å². The molecule has 1 aliphatic rings. The van der Waals surface area contributed by atoms with Crippen molar-refractivity contribution in [2.24, 2.45) is 23.2 Å². The summed E-state index contributed by atoms with van der Waals surface area (Å²) in [6, 6.07) is 0. The van der Waals surface area contributed by atoms with Gasteiger partial charge in [0.15, 0.2) is 0 Å². The largest absolute Gasteiger partial charge is 0.0654 e. The third kappa shape index (κ3) is 2.74. The third-order valence-electron chi connectivity index (χ3n) is 4.57. The molecule has 0 bridgehead atoms. The highest BCUT2D eigenvalue weighted by Gasteiger charge is 2.50. The molecule has 3 atom stereocenters. The van der Waals surface area contributed by atoms with Gasteiger partial charge in [-0.2, -0.15) is 0 Å². The Balaban J connectivity index is 2.16. The molecule has 0 aromatic heterocycles. The van der Waals surface area contributed by atoms with E-state index >= 15 is 0 Å². The topological polar surface area (TPSA) is 0 Å². The number of hydrogen-bond acceptors (Lipinski definition) is 0. The van der Waals surface area contributed by atoms with Crippen molar-refractivity contribution < 1.29 is 0 Å². The van der Waals surface area contributed by atoms with Gasteiger partial charge in [0, 0.05) is 0 Å². The number of hydrogen-bond donors (Lipinski definition) is 0. The van der Waals surface area contributed by atoms with Crippen LogP contribution in [0.2, 0.25) is 0 Å². The Morgan fingerprint density at radius 2 is 1.86 bits per heavy atom. The van der Waals surface area contributed by atoms with Crippen LogP contribution >= 0.6 is 0 Å². The van der Waals surface area contributed by atoms with Crippen LogP contribution in [0.25, 0.3) is 0 Å². The zero-order valence-electron chi connectivity index (χ0n) is 10.8. The van der Waals surface area contributed by atoms with Crippen molar-refractivity contribution in [1.29, 1.82) is 0 Å². The minimum Gasteiger partial charge on any atom is -0.0654 e. The van der Waals surface area contributed by atoms with Gasteiger partial charge in [0.2, 0.25) is 0 Å². The summed E-state index contributed by atoms with van der Waals surface area (Å²) < 4.78 is 0. The highest BCUT2D eigenvalue weighted by Crippen LogP contribution is 2.59. The third-order valence-corrected chi connectivity index (χ3v) is 4.57. The van der Waals surface area contributed by atoms with Crippen molar-refractivity contribution in [3.8, 4) is 0 Å². The Morgan fingerprint density at radius 3 is 2.29 bits per heavy atom. The summed E-state index contributed by atoms with van der Waals surface area (Å²) in [5, 5.41) is 0. The summed E-state index contributed by atoms with van der Waals surface area (Å²) in [5.74, 6) is 2.88. The standard InChI is InChI=1S/C14H28/c1-6-7-12(4)8-9-13-10-14(13,5)11(2)3/h11-13H,6-10H2,1-5H3. The Hall–Kier alpha value is 0. The molecule has 0 N–H and O–H groups in total. The van der Waals surface area contributed by atoms with Gasteiger partial charge in [0.25, 0.3) is 0 Å². The summed E-state index contributed by atoms with van der Waals surface area (Å²) in [6.07, 6.45) is 7.21. The molecule has 0 aromatic carbocycles. The van der Waals surface area contributed by atoms with E-state index in [0.717, 1.165) is 17.8 Å². The highest BCUT2D eigenvalue weighted by molar-refractivity contribution is 5.00. The first-order valence-electron chi connectivity index (χ1n) is 6.50. The molecule has 1 saturated carbocycles. The smallest absolute Gasteiger partial charge is 0.0271 e. The molecule has 14 heavy (non-hydrogen) atoms. The molecule has 1 aliphatic carbocycles. The Kier molecular flexibility index (Phi) is 4.04. The van der Waals surface area contributed by atoms with E-state index in [0.29, 0.717) is 5.41 Å².